The Hall–Kier alpha value is -3.64. The first kappa shape index (κ1) is 22.6. The summed E-state index contributed by atoms with van der Waals surface area (Å²) in [4.78, 5) is 40.8. The molecular formula is C26H23ClN2O4. The summed E-state index contributed by atoms with van der Waals surface area (Å²) in [5.41, 5.74) is 3.01. The Morgan fingerprint density at radius 3 is 2.39 bits per heavy atom. The number of anilines is 2. The molecule has 1 fully saturated rings. The lowest BCUT2D eigenvalue weighted by molar-refractivity contribution is -0.139. The minimum atomic E-state index is -0.568. The SMILES string of the molecule is Cc1ccc(C(=O)N(C)c2ccc(OC(=O)C3CC(=O)N(c4cccc(Cl)c4)C3)cc2)cc1. The molecule has 1 aliphatic heterocycles. The molecule has 33 heavy (non-hydrogen) atoms. The Labute approximate surface area is 197 Å². The molecule has 0 saturated carbocycles. The number of carbonyl (C=O) groups is 3. The molecule has 0 radical (unpaired) electrons. The lowest BCUT2D eigenvalue weighted by Crippen LogP contribution is -2.27. The molecule has 4 rings (SSSR count). The van der Waals surface area contributed by atoms with E-state index in [0.29, 0.717) is 27.7 Å². The highest BCUT2D eigenvalue weighted by Crippen LogP contribution is 2.28. The maximum Gasteiger partial charge on any atom is 0.316 e. The summed E-state index contributed by atoms with van der Waals surface area (Å²) in [5.74, 6) is -0.962. The lowest BCUT2D eigenvalue weighted by Gasteiger charge is -2.18. The van der Waals surface area contributed by atoms with Gasteiger partial charge in [-0.05, 0) is 61.5 Å². The molecule has 0 N–H and O–H groups in total. The van der Waals surface area contributed by atoms with E-state index >= 15 is 0 Å². The highest BCUT2D eigenvalue weighted by atomic mass is 35.5. The molecule has 3 aromatic rings. The fraction of sp³-hybridized carbons (Fsp3) is 0.192. The second kappa shape index (κ2) is 9.46. The van der Waals surface area contributed by atoms with Crippen molar-refractivity contribution in [3.05, 3.63) is 88.9 Å². The van der Waals surface area contributed by atoms with E-state index in [1.54, 1.807) is 72.6 Å². The van der Waals surface area contributed by atoms with Gasteiger partial charge in [-0.1, -0.05) is 35.4 Å². The minimum Gasteiger partial charge on any atom is -0.426 e. The van der Waals surface area contributed by atoms with Crippen LogP contribution in [0.4, 0.5) is 11.4 Å². The predicted octanol–water partition coefficient (Wildman–Crippen LogP) is 4.88. The summed E-state index contributed by atoms with van der Waals surface area (Å²) >= 11 is 6.02. The largest absolute Gasteiger partial charge is 0.426 e. The number of rotatable bonds is 5. The summed E-state index contributed by atoms with van der Waals surface area (Å²) in [5, 5.41) is 0.525. The fourth-order valence-electron chi connectivity index (χ4n) is 3.70. The van der Waals surface area contributed by atoms with Crippen molar-refractivity contribution >= 4 is 40.8 Å². The molecule has 1 aliphatic rings. The Kier molecular flexibility index (Phi) is 6.47. The Bertz CT molecular complexity index is 1190. The number of nitrogens with zero attached hydrogens (tertiary/aromatic N) is 2. The van der Waals surface area contributed by atoms with Crippen molar-refractivity contribution in [1.82, 2.24) is 0 Å². The molecule has 1 atom stereocenters. The molecule has 0 aromatic heterocycles. The third-order valence-corrected chi connectivity index (χ3v) is 5.86. The standard InChI is InChI=1S/C26H23ClN2O4/c1-17-6-8-18(9-7-17)25(31)28(2)21-10-12-23(13-11-21)33-26(32)19-14-24(30)29(16-19)22-5-3-4-20(27)15-22/h3-13,15,19H,14,16H2,1-2H3. The van der Waals surface area contributed by atoms with E-state index in [4.69, 9.17) is 16.3 Å². The number of aryl methyl sites for hydroxylation is 1. The average Bonchev–Trinajstić information content (AvgIpc) is 3.21. The highest BCUT2D eigenvalue weighted by Gasteiger charge is 2.36. The molecule has 0 bridgehead atoms. The number of hydrogen-bond donors (Lipinski definition) is 0. The van der Waals surface area contributed by atoms with Crippen LogP contribution in [0.3, 0.4) is 0 Å². The van der Waals surface area contributed by atoms with Crippen molar-refractivity contribution in [1.29, 1.82) is 0 Å². The van der Waals surface area contributed by atoms with Crippen molar-refractivity contribution in [3.63, 3.8) is 0 Å². The van der Waals surface area contributed by atoms with E-state index in [2.05, 4.69) is 0 Å². The van der Waals surface area contributed by atoms with Crippen molar-refractivity contribution in [2.24, 2.45) is 5.92 Å². The van der Waals surface area contributed by atoms with Crippen LogP contribution >= 0.6 is 11.6 Å². The van der Waals surface area contributed by atoms with E-state index < -0.39 is 11.9 Å². The third kappa shape index (κ3) is 5.07. The average molecular weight is 463 g/mol. The van der Waals surface area contributed by atoms with Crippen molar-refractivity contribution in [2.75, 3.05) is 23.4 Å². The van der Waals surface area contributed by atoms with E-state index in [9.17, 15) is 14.4 Å². The molecule has 168 valence electrons. The zero-order valence-corrected chi connectivity index (χ0v) is 19.1. The van der Waals surface area contributed by atoms with E-state index in [1.807, 2.05) is 19.1 Å². The van der Waals surface area contributed by atoms with E-state index in [0.717, 1.165) is 5.56 Å². The summed E-state index contributed by atoms with van der Waals surface area (Å²) in [6, 6.07) is 21.0. The summed E-state index contributed by atoms with van der Waals surface area (Å²) in [6.07, 6.45) is 0.0806. The Morgan fingerprint density at radius 2 is 1.73 bits per heavy atom. The van der Waals surface area contributed by atoms with Gasteiger partial charge in [0.05, 0.1) is 5.92 Å². The third-order valence-electron chi connectivity index (χ3n) is 5.62. The number of carbonyl (C=O) groups excluding carboxylic acids is 3. The molecule has 1 unspecified atom stereocenters. The van der Waals surface area contributed by atoms with Gasteiger partial charge in [-0.3, -0.25) is 14.4 Å². The smallest absolute Gasteiger partial charge is 0.316 e. The topological polar surface area (TPSA) is 66.9 Å². The first-order valence-electron chi connectivity index (χ1n) is 10.5. The van der Waals surface area contributed by atoms with Gasteiger partial charge in [-0.15, -0.1) is 0 Å². The summed E-state index contributed by atoms with van der Waals surface area (Å²) in [7, 11) is 1.69. The molecular weight excluding hydrogens is 440 g/mol. The number of esters is 1. The van der Waals surface area contributed by atoms with Crippen LogP contribution in [0.1, 0.15) is 22.3 Å². The van der Waals surface area contributed by atoms with Crippen molar-refractivity contribution in [3.8, 4) is 5.75 Å². The lowest BCUT2D eigenvalue weighted by atomic mass is 10.1. The van der Waals surface area contributed by atoms with Crippen LogP contribution < -0.4 is 14.5 Å². The molecule has 7 heteroatoms. The van der Waals surface area contributed by atoms with E-state index in [-0.39, 0.29) is 24.8 Å². The minimum absolute atomic E-state index is 0.0806. The van der Waals surface area contributed by atoms with Gasteiger partial charge >= 0.3 is 5.97 Å². The van der Waals surface area contributed by atoms with Gasteiger partial charge in [0.25, 0.3) is 5.91 Å². The second-order valence-electron chi connectivity index (χ2n) is 8.03. The fourth-order valence-corrected chi connectivity index (χ4v) is 3.89. The van der Waals surface area contributed by atoms with E-state index in [1.165, 1.54) is 4.90 Å². The van der Waals surface area contributed by atoms with Crippen LogP contribution in [0.25, 0.3) is 0 Å². The first-order valence-corrected chi connectivity index (χ1v) is 10.9. The number of ether oxygens (including phenoxy) is 1. The number of benzene rings is 3. The molecule has 1 saturated heterocycles. The normalized spacial score (nSPS) is 15.4. The van der Waals surface area contributed by atoms with Crippen LogP contribution in [0, 0.1) is 12.8 Å². The molecule has 1 heterocycles. The highest BCUT2D eigenvalue weighted by molar-refractivity contribution is 6.31. The van der Waals surface area contributed by atoms with Crippen molar-refractivity contribution < 1.29 is 19.1 Å². The van der Waals surface area contributed by atoms with Crippen LogP contribution in [0.5, 0.6) is 5.75 Å². The molecule has 0 aliphatic carbocycles. The zero-order valence-electron chi connectivity index (χ0n) is 18.3. The maximum atomic E-state index is 12.7. The van der Waals surface area contributed by atoms with Gasteiger partial charge in [0.15, 0.2) is 0 Å². The number of halogens is 1. The predicted molar refractivity (Wildman–Crippen MR) is 128 cm³/mol. The maximum absolute atomic E-state index is 12.7. The zero-order chi connectivity index (χ0) is 23.5. The molecule has 3 aromatic carbocycles. The van der Waals surface area contributed by atoms with Gasteiger partial charge in [0.2, 0.25) is 5.91 Å². The monoisotopic (exact) mass is 462 g/mol. The van der Waals surface area contributed by atoms with Gasteiger partial charge in [-0.2, -0.15) is 0 Å². The van der Waals surface area contributed by atoms with Gasteiger partial charge < -0.3 is 14.5 Å². The van der Waals surface area contributed by atoms with Crippen LogP contribution in [0.15, 0.2) is 72.8 Å². The van der Waals surface area contributed by atoms with Crippen LogP contribution in [0.2, 0.25) is 5.02 Å². The number of hydrogen-bond acceptors (Lipinski definition) is 4. The van der Waals surface area contributed by atoms with Gasteiger partial charge in [0.1, 0.15) is 5.75 Å². The molecule has 6 nitrogen and oxygen atoms in total. The summed E-state index contributed by atoms with van der Waals surface area (Å²) in [6.45, 7) is 2.21. The summed E-state index contributed by atoms with van der Waals surface area (Å²) < 4.78 is 5.50. The molecule has 0 spiro atoms. The number of amides is 2. The van der Waals surface area contributed by atoms with Gasteiger partial charge in [0, 0.05) is 42.0 Å². The quantitative estimate of drug-likeness (QED) is 0.400. The Balaban J connectivity index is 1.38. The second-order valence-corrected chi connectivity index (χ2v) is 8.47. The van der Waals surface area contributed by atoms with Crippen molar-refractivity contribution in [2.45, 2.75) is 13.3 Å². The Morgan fingerprint density at radius 1 is 1.03 bits per heavy atom. The van der Waals surface area contributed by atoms with Gasteiger partial charge in [-0.25, -0.2) is 0 Å². The first-order chi connectivity index (χ1) is 15.8. The van der Waals surface area contributed by atoms with Crippen LogP contribution in [-0.4, -0.2) is 31.4 Å². The van der Waals surface area contributed by atoms with Crippen LogP contribution in [-0.2, 0) is 9.59 Å². The molecule has 2 amide bonds.